The first kappa shape index (κ1) is 11.4. The molecule has 0 radical (unpaired) electrons. The van der Waals surface area contributed by atoms with Crippen LogP contribution in [0.25, 0.3) is 22.4 Å². The predicted octanol–water partition coefficient (Wildman–Crippen LogP) is 3.39. The topological polar surface area (TPSA) is 51.8 Å². The van der Waals surface area contributed by atoms with Crippen LogP contribution in [0.4, 0.5) is 5.69 Å². The van der Waals surface area contributed by atoms with Crippen LogP contribution in [0.2, 0.25) is 0 Å². The highest BCUT2D eigenvalue weighted by atomic mass is 14.7. The summed E-state index contributed by atoms with van der Waals surface area (Å²) in [5, 5.41) is 0. The molecule has 0 aliphatic rings. The Kier molecular flexibility index (Phi) is 2.94. The lowest BCUT2D eigenvalue weighted by molar-refractivity contribution is 1.29. The van der Waals surface area contributed by atoms with Crippen molar-refractivity contribution in [3.8, 4) is 22.4 Å². The van der Waals surface area contributed by atoms with E-state index in [9.17, 15) is 0 Å². The maximum atomic E-state index is 5.71. The minimum absolute atomic E-state index is 0.771. The molecule has 0 saturated heterocycles. The third kappa shape index (κ3) is 2.45. The fourth-order valence-corrected chi connectivity index (χ4v) is 1.97. The molecule has 0 amide bonds. The Bertz CT molecular complexity index is 676. The minimum Gasteiger partial charge on any atom is -0.399 e. The molecule has 3 nitrogen and oxygen atoms in total. The van der Waals surface area contributed by atoms with Gasteiger partial charge >= 0.3 is 0 Å². The first-order valence-corrected chi connectivity index (χ1v) is 6.05. The summed E-state index contributed by atoms with van der Waals surface area (Å²) in [7, 11) is 0. The number of nitrogen functional groups attached to an aromatic ring is 1. The van der Waals surface area contributed by atoms with Crippen molar-refractivity contribution in [1.82, 2.24) is 9.97 Å². The highest BCUT2D eigenvalue weighted by molar-refractivity contribution is 5.71. The van der Waals surface area contributed by atoms with Gasteiger partial charge in [0.15, 0.2) is 0 Å². The highest BCUT2D eigenvalue weighted by Crippen LogP contribution is 2.24. The molecular formula is C16H13N3. The van der Waals surface area contributed by atoms with Crippen LogP contribution in [0.1, 0.15) is 0 Å². The zero-order chi connectivity index (χ0) is 13.1. The summed E-state index contributed by atoms with van der Waals surface area (Å²) in [6, 6.07) is 15.8. The molecule has 92 valence electrons. The number of rotatable bonds is 2. The quantitative estimate of drug-likeness (QED) is 0.706. The van der Waals surface area contributed by atoms with E-state index in [0.717, 1.165) is 28.1 Å². The van der Waals surface area contributed by atoms with E-state index in [4.69, 9.17) is 5.73 Å². The van der Waals surface area contributed by atoms with Gasteiger partial charge in [0.05, 0.1) is 5.69 Å². The molecule has 0 bridgehead atoms. The number of nitrogens with two attached hydrogens (primary N) is 1. The lowest BCUT2D eigenvalue weighted by Gasteiger charge is -2.05. The highest BCUT2D eigenvalue weighted by Gasteiger charge is 2.02. The number of hydrogen-bond donors (Lipinski definition) is 1. The van der Waals surface area contributed by atoms with Crippen LogP contribution in [0.15, 0.2) is 67.1 Å². The van der Waals surface area contributed by atoms with E-state index in [-0.39, 0.29) is 0 Å². The Morgan fingerprint density at radius 3 is 2.11 bits per heavy atom. The zero-order valence-corrected chi connectivity index (χ0v) is 10.3. The maximum absolute atomic E-state index is 5.71. The van der Waals surface area contributed by atoms with Gasteiger partial charge in [0, 0.05) is 29.8 Å². The summed E-state index contributed by atoms with van der Waals surface area (Å²) >= 11 is 0. The molecule has 2 heterocycles. The van der Waals surface area contributed by atoms with Crippen LogP contribution in [-0.4, -0.2) is 9.97 Å². The summed E-state index contributed by atoms with van der Waals surface area (Å²) in [6.45, 7) is 0. The number of benzene rings is 1. The number of anilines is 1. The number of aromatic nitrogens is 2. The van der Waals surface area contributed by atoms with E-state index < -0.39 is 0 Å². The number of pyridine rings is 2. The van der Waals surface area contributed by atoms with Gasteiger partial charge in [-0.25, -0.2) is 0 Å². The Labute approximate surface area is 111 Å². The van der Waals surface area contributed by atoms with Crippen molar-refractivity contribution < 1.29 is 0 Å². The van der Waals surface area contributed by atoms with Gasteiger partial charge < -0.3 is 5.73 Å². The molecular weight excluding hydrogens is 234 g/mol. The molecule has 3 rings (SSSR count). The van der Waals surface area contributed by atoms with E-state index in [2.05, 4.69) is 16.0 Å². The third-order valence-electron chi connectivity index (χ3n) is 2.98. The summed E-state index contributed by atoms with van der Waals surface area (Å²) in [4.78, 5) is 8.42. The van der Waals surface area contributed by atoms with E-state index in [1.165, 1.54) is 0 Å². The first-order valence-electron chi connectivity index (χ1n) is 6.05. The normalized spacial score (nSPS) is 10.3. The Morgan fingerprint density at radius 2 is 1.37 bits per heavy atom. The summed E-state index contributed by atoms with van der Waals surface area (Å²) in [5.74, 6) is 0. The predicted molar refractivity (Wildman–Crippen MR) is 77.3 cm³/mol. The number of nitrogens with zero attached hydrogens (tertiary/aromatic N) is 2. The standard InChI is InChI=1S/C16H13N3/c17-15-3-1-12(2-4-15)14-7-10-19-16(11-14)13-5-8-18-9-6-13/h1-11H,17H2. The van der Waals surface area contributed by atoms with Gasteiger partial charge in [-0.3, -0.25) is 9.97 Å². The Hall–Kier alpha value is -2.68. The molecule has 3 aromatic rings. The average Bonchev–Trinajstić information content (AvgIpc) is 2.49. The largest absolute Gasteiger partial charge is 0.399 e. The van der Waals surface area contributed by atoms with Crippen molar-refractivity contribution in [2.45, 2.75) is 0 Å². The summed E-state index contributed by atoms with van der Waals surface area (Å²) < 4.78 is 0. The molecule has 0 fully saturated rings. The van der Waals surface area contributed by atoms with Crippen LogP contribution in [0.3, 0.4) is 0 Å². The summed E-state index contributed by atoms with van der Waals surface area (Å²) in [6.07, 6.45) is 5.36. The second kappa shape index (κ2) is 4.90. The van der Waals surface area contributed by atoms with Gasteiger partial charge in [0.2, 0.25) is 0 Å². The van der Waals surface area contributed by atoms with Crippen molar-refractivity contribution in [1.29, 1.82) is 0 Å². The second-order valence-corrected chi connectivity index (χ2v) is 4.29. The molecule has 0 atom stereocenters. The second-order valence-electron chi connectivity index (χ2n) is 4.29. The molecule has 3 heteroatoms. The van der Waals surface area contributed by atoms with Crippen molar-refractivity contribution in [2.75, 3.05) is 5.73 Å². The van der Waals surface area contributed by atoms with Crippen molar-refractivity contribution in [2.24, 2.45) is 0 Å². The molecule has 0 aliphatic heterocycles. The van der Waals surface area contributed by atoms with Crippen LogP contribution in [-0.2, 0) is 0 Å². The fourth-order valence-electron chi connectivity index (χ4n) is 1.97. The molecule has 0 spiro atoms. The van der Waals surface area contributed by atoms with Crippen LogP contribution in [0, 0.1) is 0 Å². The van der Waals surface area contributed by atoms with Gasteiger partial charge in [-0.05, 0) is 47.5 Å². The van der Waals surface area contributed by atoms with Gasteiger partial charge in [-0.1, -0.05) is 12.1 Å². The molecule has 2 aromatic heterocycles. The van der Waals surface area contributed by atoms with Gasteiger partial charge in [0.25, 0.3) is 0 Å². The van der Waals surface area contributed by atoms with Gasteiger partial charge in [-0.15, -0.1) is 0 Å². The number of hydrogen-bond acceptors (Lipinski definition) is 3. The third-order valence-corrected chi connectivity index (χ3v) is 2.98. The van der Waals surface area contributed by atoms with Crippen molar-refractivity contribution >= 4 is 5.69 Å². The Morgan fingerprint density at radius 1 is 0.684 bits per heavy atom. The molecule has 0 saturated carbocycles. The van der Waals surface area contributed by atoms with Crippen LogP contribution < -0.4 is 5.73 Å². The van der Waals surface area contributed by atoms with Crippen molar-refractivity contribution in [3.05, 3.63) is 67.1 Å². The van der Waals surface area contributed by atoms with Crippen LogP contribution in [0.5, 0.6) is 0 Å². The molecule has 19 heavy (non-hydrogen) atoms. The maximum Gasteiger partial charge on any atom is 0.0709 e. The fraction of sp³-hybridized carbons (Fsp3) is 0. The lowest BCUT2D eigenvalue weighted by atomic mass is 10.0. The average molecular weight is 247 g/mol. The monoisotopic (exact) mass is 247 g/mol. The molecule has 0 aliphatic carbocycles. The van der Waals surface area contributed by atoms with Crippen LogP contribution >= 0.6 is 0 Å². The van der Waals surface area contributed by atoms with E-state index >= 15 is 0 Å². The summed E-state index contributed by atoms with van der Waals surface area (Å²) in [5.41, 5.74) is 10.7. The molecule has 2 N–H and O–H groups in total. The molecule has 1 aromatic carbocycles. The minimum atomic E-state index is 0.771. The van der Waals surface area contributed by atoms with E-state index in [0.29, 0.717) is 0 Å². The Balaban J connectivity index is 2.03. The smallest absolute Gasteiger partial charge is 0.0709 e. The van der Waals surface area contributed by atoms with E-state index in [1.807, 2.05) is 48.7 Å². The van der Waals surface area contributed by atoms with Crippen molar-refractivity contribution in [3.63, 3.8) is 0 Å². The molecule has 0 unspecified atom stereocenters. The van der Waals surface area contributed by atoms with Gasteiger partial charge in [0.1, 0.15) is 0 Å². The zero-order valence-electron chi connectivity index (χ0n) is 10.3. The first-order chi connectivity index (χ1) is 9.33. The van der Waals surface area contributed by atoms with E-state index in [1.54, 1.807) is 12.4 Å². The SMILES string of the molecule is Nc1ccc(-c2ccnc(-c3ccncc3)c2)cc1. The van der Waals surface area contributed by atoms with Gasteiger partial charge in [-0.2, -0.15) is 0 Å². The lowest BCUT2D eigenvalue weighted by Crippen LogP contribution is -1.87.